The first kappa shape index (κ1) is 25.4. The Morgan fingerprint density at radius 1 is 1.03 bits per heavy atom. The van der Waals surface area contributed by atoms with Crippen LogP contribution in [0.25, 0.3) is 0 Å². The molecule has 0 aliphatic carbocycles. The maximum absolute atomic E-state index is 12.9. The number of aryl methyl sites for hydroxylation is 1. The number of carbonyl (C=O) groups is 1. The molecule has 1 saturated heterocycles. The van der Waals surface area contributed by atoms with Gasteiger partial charge in [0.1, 0.15) is 0 Å². The summed E-state index contributed by atoms with van der Waals surface area (Å²) in [4.78, 5) is 15.2. The van der Waals surface area contributed by atoms with Crippen molar-refractivity contribution in [2.45, 2.75) is 46.1 Å². The minimum absolute atomic E-state index is 0.101. The first-order valence-electron chi connectivity index (χ1n) is 12.0. The zero-order chi connectivity index (χ0) is 23.7. The lowest BCUT2D eigenvalue weighted by molar-refractivity contribution is -0.120. The molecule has 1 amide bonds. The fourth-order valence-corrected chi connectivity index (χ4v) is 5.87. The Bertz CT molecular complexity index is 974. The van der Waals surface area contributed by atoms with Gasteiger partial charge in [-0.25, -0.2) is 12.7 Å². The smallest absolute Gasteiger partial charge is 0.228 e. The summed E-state index contributed by atoms with van der Waals surface area (Å²) in [6.07, 6.45) is 2.74. The number of rotatable bonds is 11. The lowest BCUT2D eigenvalue weighted by atomic mass is 9.98. The molecule has 1 aliphatic rings. The SMILES string of the molecule is CCN(CC)Cc1ccc(NC(=O)C2CCCN(S(=O)(=O)CCCc3ccccc3)C2)cc1. The summed E-state index contributed by atoms with van der Waals surface area (Å²) in [5.41, 5.74) is 3.11. The number of amides is 1. The molecule has 1 heterocycles. The van der Waals surface area contributed by atoms with Gasteiger partial charge < -0.3 is 5.32 Å². The van der Waals surface area contributed by atoms with Crippen molar-refractivity contribution < 1.29 is 13.2 Å². The Morgan fingerprint density at radius 2 is 1.73 bits per heavy atom. The number of benzene rings is 2. The molecule has 0 saturated carbocycles. The van der Waals surface area contributed by atoms with E-state index < -0.39 is 10.0 Å². The first-order chi connectivity index (χ1) is 15.9. The van der Waals surface area contributed by atoms with Gasteiger partial charge in [-0.1, -0.05) is 56.3 Å². The van der Waals surface area contributed by atoms with Crippen molar-refractivity contribution in [1.82, 2.24) is 9.21 Å². The van der Waals surface area contributed by atoms with Gasteiger partial charge in [-0.15, -0.1) is 0 Å². The van der Waals surface area contributed by atoms with Crippen molar-refractivity contribution in [3.8, 4) is 0 Å². The molecule has 0 spiro atoms. The highest BCUT2D eigenvalue weighted by Gasteiger charge is 2.32. The number of nitrogens with zero attached hydrogens (tertiary/aromatic N) is 2. The molecule has 2 aromatic rings. The summed E-state index contributed by atoms with van der Waals surface area (Å²) in [5, 5.41) is 2.98. The van der Waals surface area contributed by atoms with Crippen molar-refractivity contribution in [2.24, 2.45) is 5.92 Å². The van der Waals surface area contributed by atoms with Crippen LogP contribution in [-0.4, -0.2) is 55.5 Å². The maximum atomic E-state index is 12.9. The Hall–Kier alpha value is -2.22. The number of nitrogens with one attached hydrogen (secondary N) is 1. The van der Waals surface area contributed by atoms with Crippen LogP contribution < -0.4 is 5.32 Å². The van der Waals surface area contributed by atoms with E-state index in [1.165, 1.54) is 9.87 Å². The average Bonchev–Trinajstić information content (AvgIpc) is 2.84. The highest BCUT2D eigenvalue weighted by molar-refractivity contribution is 7.89. The molecule has 6 nitrogen and oxygen atoms in total. The second-order valence-corrected chi connectivity index (χ2v) is 10.8. The molecule has 1 unspecified atom stereocenters. The van der Waals surface area contributed by atoms with Gasteiger partial charge >= 0.3 is 0 Å². The van der Waals surface area contributed by atoms with E-state index in [1.54, 1.807) is 0 Å². The van der Waals surface area contributed by atoms with Gasteiger partial charge in [0.2, 0.25) is 15.9 Å². The van der Waals surface area contributed by atoms with Gasteiger partial charge in [0.15, 0.2) is 0 Å². The van der Waals surface area contributed by atoms with E-state index in [1.807, 2.05) is 54.6 Å². The molecule has 1 aliphatic heterocycles. The maximum Gasteiger partial charge on any atom is 0.228 e. The highest BCUT2D eigenvalue weighted by Crippen LogP contribution is 2.22. The molecule has 2 aromatic carbocycles. The molecule has 7 heteroatoms. The fraction of sp³-hybridized carbons (Fsp3) is 0.500. The normalized spacial score (nSPS) is 17.2. The van der Waals surface area contributed by atoms with Gasteiger partial charge in [0.25, 0.3) is 0 Å². The van der Waals surface area contributed by atoms with Crippen molar-refractivity contribution in [1.29, 1.82) is 0 Å². The standard InChI is InChI=1S/C26H37N3O3S/c1-3-28(4-2)20-23-14-16-25(17-15-23)27-26(30)24-13-8-18-29(21-24)33(31,32)19-9-12-22-10-6-5-7-11-22/h5-7,10-11,14-17,24H,3-4,8-9,12-13,18-21H2,1-2H3,(H,27,30). The number of carbonyl (C=O) groups excluding carboxylic acids is 1. The van der Waals surface area contributed by atoms with Crippen molar-refractivity contribution in [3.05, 3.63) is 65.7 Å². The topological polar surface area (TPSA) is 69.7 Å². The quantitative estimate of drug-likeness (QED) is 0.535. The van der Waals surface area contributed by atoms with E-state index in [2.05, 4.69) is 24.1 Å². The predicted octanol–water partition coefficient (Wildman–Crippen LogP) is 4.14. The summed E-state index contributed by atoms with van der Waals surface area (Å²) in [6.45, 7) is 7.95. The number of hydrogen-bond acceptors (Lipinski definition) is 4. The van der Waals surface area contributed by atoms with Gasteiger partial charge in [0, 0.05) is 25.3 Å². The van der Waals surface area contributed by atoms with Gasteiger partial charge in [0.05, 0.1) is 11.7 Å². The average molecular weight is 472 g/mol. The third-order valence-corrected chi connectivity index (χ3v) is 8.30. The fourth-order valence-electron chi connectivity index (χ4n) is 4.28. The van der Waals surface area contributed by atoms with E-state index in [0.717, 1.165) is 37.3 Å². The first-order valence-corrected chi connectivity index (χ1v) is 13.7. The molecule has 33 heavy (non-hydrogen) atoms. The number of piperidine rings is 1. The van der Waals surface area contributed by atoms with Gasteiger partial charge in [-0.05, 0) is 62.0 Å². The summed E-state index contributed by atoms with van der Waals surface area (Å²) in [6, 6.07) is 17.9. The third-order valence-electron chi connectivity index (χ3n) is 6.38. The molecule has 180 valence electrons. The largest absolute Gasteiger partial charge is 0.326 e. The third kappa shape index (κ3) is 7.66. The Morgan fingerprint density at radius 3 is 2.39 bits per heavy atom. The van der Waals surface area contributed by atoms with Crippen LogP contribution in [0.3, 0.4) is 0 Å². The van der Waals surface area contributed by atoms with E-state index >= 15 is 0 Å². The molecule has 1 N–H and O–H groups in total. The van der Waals surface area contributed by atoms with E-state index in [4.69, 9.17) is 0 Å². The summed E-state index contributed by atoms with van der Waals surface area (Å²) in [7, 11) is -3.37. The molecule has 1 fully saturated rings. The number of anilines is 1. The second-order valence-electron chi connectivity index (χ2n) is 8.75. The van der Waals surface area contributed by atoms with Crippen LogP contribution in [-0.2, 0) is 27.8 Å². The van der Waals surface area contributed by atoms with Crippen LogP contribution in [0.15, 0.2) is 54.6 Å². The summed E-state index contributed by atoms with van der Waals surface area (Å²) in [5.74, 6) is -0.307. The predicted molar refractivity (Wildman–Crippen MR) is 135 cm³/mol. The van der Waals surface area contributed by atoms with E-state index in [0.29, 0.717) is 25.8 Å². The Kier molecular flexibility index (Phi) is 9.47. The highest BCUT2D eigenvalue weighted by atomic mass is 32.2. The summed E-state index contributed by atoms with van der Waals surface area (Å²) < 4.78 is 27.2. The molecular formula is C26H37N3O3S. The lowest BCUT2D eigenvalue weighted by Gasteiger charge is -2.31. The van der Waals surface area contributed by atoms with Crippen molar-refractivity contribution in [2.75, 3.05) is 37.2 Å². The van der Waals surface area contributed by atoms with Crippen LogP contribution in [0.1, 0.15) is 44.2 Å². The molecule has 1 atom stereocenters. The minimum Gasteiger partial charge on any atom is -0.326 e. The minimum atomic E-state index is -3.37. The Labute approximate surface area is 199 Å². The van der Waals surface area contributed by atoms with Crippen molar-refractivity contribution >= 4 is 21.6 Å². The zero-order valence-electron chi connectivity index (χ0n) is 19.9. The van der Waals surface area contributed by atoms with E-state index in [-0.39, 0.29) is 24.1 Å². The van der Waals surface area contributed by atoms with Gasteiger partial charge in [-0.2, -0.15) is 0 Å². The zero-order valence-corrected chi connectivity index (χ0v) is 20.7. The molecule has 3 rings (SSSR count). The van der Waals surface area contributed by atoms with Crippen LogP contribution in [0.2, 0.25) is 0 Å². The lowest BCUT2D eigenvalue weighted by Crippen LogP contribution is -2.44. The number of sulfonamides is 1. The van der Waals surface area contributed by atoms with Gasteiger partial charge in [-0.3, -0.25) is 9.69 Å². The second kappa shape index (κ2) is 12.3. The Balaban J connectivity index is 1.51. The van der Waals surface area contributed by atoms with Crippen molar-refractivity contribution in [3.63, 3.8) is 0 Å². The molecule has 0 radical (unpaired) electrons. The number of hydrogen-bond donors (Lipinski definition) is 1. The van der Waals surface area contributed by atoms with Crippen LogP contribution in [0.4, 0.5) is 5.69 Å². The molecule has 0 bridgehead atoms. The van der Waals surface area contributed by atoms with E-state index in [9.17, 15) is 13.2 Å². The molecule has 0 aromatic heterocycles. The van der Waals surface area contributed by atoms with Crippen LogP contribution in [0.5, 0.6) is 0 Å². The molecular weight excluding hydrogens is 434 g/mol. The van der Waals surface area contributed by atoms with Crippen LogP contribution in [0, 0.1) is 5.92 Å². The summed E-state index contributed by atoms with van der Waals surface area (Å²) >= 11 is 0. The monoisotopic (exact) mass is 471 g/mol. The van der Waals surface area contributed by atoms with Crippen LogP contribution >= 0.6 is 0 Å².